The third kappa shape index (κ3) is 5.18. The molecule has 1 aliphatic rings. The molecule has 0 radical (unpaired) electrons. The smallest absolute Gasteiger partial charge is 0.255 e. The highest BCUT2D eigenvalue weighted by Crippen LogP contribution is 2.37. The number of Topliss-reactive ketones (excluding diaryl/α,β-unsaturated/α-hetero) is 1. The molecule has 2 aromatic rings. The molecule has 2 aromatic carbocycles. The summed E-state index contributed by atoms with van der Waals surface area (Å²) in [6.07, 6.45) is 3.07. The molecule has 1 fully saturated rings. The van der Waals surface area contributed by atoms with Crippen LogP contribution in [-0.2, 0) is 4.79 Å². The Morgan fingerprint density at radius 1 is 0.931 bits per heavy atom. The van der Waals surface area contributed by atoms with Crippen molar-refractivity contribution in [1.82, 2.24) is 0 Å². The van der Waals surface area contributed by atoms with Crippen LogP contribution in [0.4, 0.5) is 23.2 Å². The number of rotatable bonds is 5. The predicted octanol–water partition coefficient (Wildman–Crippen LogP) is 5.74. The minimum atomic E-state index is -1.62. The molecule has 0 spiro atoms. The van der Waals surface area contributed by atoms with Gasteiger partial charge in [0.2, 0.25) is 0 Å². The lowest BCUT2D eigenvalue weighted by atomic mass is 9.86. The van der Waals surface area contributed by atoms with Gasteiger partial charge < -0.3 is 5.32 Å². The van der Waals surface area contributed by atoms with Crippen LogP contribution in [0.2, 0.25) is 0 Å². The molecule has 0 aliphatic heterocycles. The number of anilines is 1. The van der Waals surface area contributed by atoms with E-state index >= 15 is 0 Å². The quantitative estimate of drug-likeness (QED) is 0.491. The molecule has 1 saturated carbocycles. The summed E-state index contributed by atoms with van der Waals surface area (Å²) in [5, 5.41) is 2.42. The molecule has 1 N–H and O–H groups in total. The normalized spacial score (nSPS) is 19.1. The maximum Gasteiger partial charge on any atom is 0.255 e. The third-order valence-corrected chi connectivity index (χ3v) is 6.35. The molecule has 154 valence electrons. The molecule has 29 heavy (non-hydrogen) atoms. The van der Waals surface area contributed by atoms with Crippen molar-refractivity contribution in [1.29, 1.82) is 0 Å². The van der Waals surface area contributed by atoms with Crippen LogP contribution in [0.1, 0.15) is 43.0 Å². The van der Waals surface area contributed by atoms with Crippen LogP contribution in [0.3, 0.4) is 0 Å². The third-order valence-electron chi connectivity index (χ3n) is 4.98. The van der Waals surface area contributed by atoms with Gasteiger partial charge in [0.15, 0.2) is 17.5 Å². The molecule has 3 rings (SSSR count). The number of benzene rings is 2. The van der Waals surface area contributed by atoms with Gasteiger partial charge in [-0.25, -0.2) is 17.6 Å². The van der Waals surface area contributed by atoms with E-state index in [1.165, 1.54) is 23.9 Å². The Hall–Kier alpha value is -2.35. The zero-order valence-corrected chi connectivity index (χ0v) is 16.4. The predicted molar refractivity (Wildman–Crippen MR) is 103 cm³/mol. The zero-order chi connectivity index (χ0) is 21.1. The van der Waals surface area contributed by atoms with Crippen molar-refractivity contribution in [2.45, 2.75) is 42.8 Å². The summed E-state index contributed by atoms with van der Waals surface area (Å²) < 4.78 is 53.9. The van der Waals surface area contributed by atoms with Crippen molar-refractivity contribution in [3.05, 3.63) is 59.2 Å². The maximum atomic E-state index is 14.2. The Balaban J connectivity index is 1.70. The first-order chi connectivity index (χ1) is 13.7. The Labute approximate surface area is 169 Å². The highest BCUT2D eigenvalue weighted by Gasteiger charge is 2.25. The van der Waals surface area contributed by atoms with Crippen molar-refractivity contribution in [2.75, 3.05) is 5.32 Å². The fraction of sp³-hybridized carbons (Fsp3) is 0.333. The van der Waals surface area contributed by atoms with Crippen LogP contribution in [0.15, 0.2) is 35.2 Å². The summed E-state index contributed by atoms with van der Waals surface area (Å²) >= 11 is 1.31. The van der Waals surface area contributed by atoms with E-state index in [0.717, 1.165) is 31.7 Å². The number of carbonyl (C=O) groups excluding carboxylic acids is 2. The van der Waals surface area contributed by atoms with Gasteiger partial charge in [-0.3, -0.25) is 9.59 Å². The lowest BCUT2D eigenvalue weighted by molar-refractivity contribution is -0.121. The average molecular weight is 425 g/mol. The van der Waals surface area contributed by atoms with Crippen LogP contribution >= 0.6 is 11.8 Å². The van der Waals surface area contributed by atoms with Crippen LogP contribution in [-0.4, -0.2) is 16.9 Å². The number of hydrogen-bond donors (Lipinski definition) is 1. The van der Waals surface area contributed by atoms with E-state index in [1.807, 2.05) is 0 Å². The van der Waals surface area contributed by atoms with E-state index in [1.54, 1.807) is 6.92 Å². The molecular weight excluding hydrogens is 406 g/mol. The van der Waals surface area contributed by atoms with Gasteiger partial charge in [-0.2, -0.15) is 0 Å². The lowest BCUT2D eigenvalue weighted by Crippen LogP contribution is -2.21. The van der Waals surface area contributed by atoms with E-state index in [-0.39, 0.29) is 28.2 Å². The van der Waals surface area contributed by atoms with Crippen molar-refractivity contribution in [2.24, 2.45) is 5.92 Å². The van der Waals surface area contributed by atoms with Crippen LogP contribution in [0, 0.1) is 29.2 Å². The molecule has 0 saturated heterocycles. The highest BCUT2D eigenvalue weighted by atomic mass is 32.2. The van der Waals surface area contributed by atoms with Crippen LogP contribution in [0.5, 0.6) is 0 Å². The van der Waals surface area contributed by atoms with Gasteiger partial charge in [-0.1, -0.05) is 0 Å². The van der Waals surface area contributed by atoms with Crippen LogP contribution < -0.4 is 5.32 Å². The Bertz CT molecular complexity index is 919. The van der Waals surface area contributed by atoms with Crippen molar-refractivity contribution >= 4 is 29.1 Å². The molecule has 0 unspecified atom stereocenters. The summed E-state index contributed by atoms with van der Waals surface area (Å²) in [4.78, 5) is 24.1. The molecule has 0 heterocycles. The van der Waals surface area contributed by atoms with E-state index in [0.29, 0.717) is 17.0 Å². The van der Waals surface area contributed by atoms with Gasteiger partial charge in [0.1, 0.15) is 11.6 Å². The molecule has 0 atom stereocenters. The molecule has 8 heteroatoms. The number of halogens is 4. The zero-order valence-electron chi connectivity index (χ0n) is 15.6. The van der Waals surface area contributed by atoms with Gasteiger partial charge in [0.25, 0.3) is 5.91 Å². The summed E-state index contributed by atoms with van der Waals surface area (Å²) in [5.74, 6) is -5.40. The van der Waals surface area contributed by atoms with Crippen molar-refractivity contribution in [3.8, 4) is 0 Å². The second kappa shape index (κ2) is 8.98. The number of amides is 1. The fourth-order valence-electron chi connectivity index (χ4n) is 3.33. The van der Waals surface area contributed by atoms with E-state index in [4.69, 9.17) is 0 Å². The largest absolute Gasteiger partial charge is 0.322 e. The van der Waals surface area contributed by atoms with Gasteiger partial charge >= 0.3 is 0 Å². The second-order valence-electron chi connectivity index (χ2n) is 7.06. The van der Waals surface area contributed by atoms with Crippen molar-refractivity contribution in [3.63, 3.8) is 0 Å². The van der Waals surface area contributed by atoms with Gasteiger partial charge in [-0.05, 0) is 50.8 Å². The summed E-state index contributed by atoms with van der Waals surface area (Å²) in [6.45, 7) is 1.58. The van der Waals surface area contributed by atoms with Crippen molar-refractivity contribution < 1.29 is 27.2 Å². The first-order valence-electron chi connectivity index (χ1n) is 9.17. The fourth-order valence-corrected chi connectivity index (χ4v) is 4.58. The highest BCUT2D eigenvalue weighted by molar-refractivity contribution is 8.00. The molecule has 0 aromatic heterocycles. The minimum absolute atomic E-state index is 0.0605. The Kier molecular flexibility index (Phi) is 6.62. The standard InChI is InChI=1S/C21H19F4NO2S/c1-11(27)12-2-5-15(6-3-12)29-19-8-13(4-7-16(19)22)21(28)26-14-9-17(23)20(25)18(24)10-14/h4,7-10,12,15H,2-3,5-6H2,1H3,(H,26,28)/t12-,15-. The topological polar surface area (TPSA) is 46.2 Å². The number of carbonyl (C=O) groups is 2. The SMILES string of the molecule is CC(=O)[C@H]1CC[C@H](Sc2cc(C(=O)Nc3cc(F)c(F)c(F)c3)ccc2F)CC1. The number of hydrogen-bond acceptors (Lipinski definition) is 3. The van der Waals surface area contributed by atoms with E-state index in [2.05, 4.69) is 5.32 Å². The number of nitrogens with one attached hydrogen (secondary N) is 1. The minimum Gasteiger partial charge on any atom is -0.322 e. The monoisotopic (exact) mass is 425 g/mol. The molecule has 3 nitrogen and oxygen atoms in total. The van der Waals surface area contributed by atoms with E-state index < -0.39 is 29.2 Å². The Morgan fingerprint density at radius 3 is 2.14 bits per heavy atom. The Morgan fingerprint density at radius 2 is 1.55 bits per heavy atom. The van der Waals surface area contributed by atoms with Gasteiger partial charge in [0.05, 0.1) is 0 Å². The molecule has 1 aliphatic carbocycles. The van der Waals surface area contributed by atoms with E-state index in [9.17, 15) is 27.2 Å². The number of thioether (sulfide) groups is 1. The summed E-state index contributed by atoms with van der Waals surface area (Å²) in [5.41, 5.74) is -0.135. The maximum absolute atomic E-state index is 14.2. The average Bonchev–Trinajstić information content (AvgIpc) is 2.68. The summed E-state index contributed by atoms with van der Waals surface area (Å²) in [7, 11) is 0. The first-order valence-corrected chi connectivity index (χ1v) is 10.0. The molecular formula is C21H19F4NO2S. The van der Waals surface area contributed by atoms with Crippen LogP contribution in [0.25, 0.3) is 0 Å². The number of ketones is 1. The lowest BCUT2D eigenvalue weighted by Gasteiger charge is -2.26. The first kappa shape index (κ1) is 21.4. The van der Waals surface area contributed by atoms with Gasteiger partial charge in [0, 0.05) is 39.4 Å². The summed E-state index contributed by atoms with van der Waals surface area (Å²) in [6, 6.07) is 5.14. The molecule has 0 bridgehead atoms. The molecule has 1 amide bonds. The van der Waals surface area contributed by atoms with Gasteiger partial charge in [-0.15, -0.1) is 11.8 Å². The second-order valence-corrected chi connectivity index (χ2v) is 8.40.